The minimum atomic E-state index is -1.06. The van der Waals surface area contributed by atoms with Gasteiger partial charge in [0, 0.05) is 7.11 Å². The molecule has 0 aromatic rings. The van der Waals surface area contributed by atoms with Crippen LogP contribution in [0.1, 0.15) is 12.8 Å². The highest BCUT2D eigenvalue weighted by Gasteiger charge is 2.04. The van der Waals surface area contributed by atoms with Crippen molar-refractivity contribution in [2.24, 2.45) is 0 Å². The highest BCUT2D eigenvalue weighted by molar-refractivity contribution is 5.76. The number of ether oxygens (including phenoxy) is 2. The lowest BCUT2D eigenvalue weighted by molar-refractivity contribution is -0.255. The Morgan fingerprint density at radius 2 is 1.94 bits per heavy atom. The van der Waals surface area contributed by atoms with E-state index >= 15 is 0 Å². The minimum Gasteiger partial charge on any atom is -0.481 e. The Labute approximate surface area is 92.5 Å². The summed E-state index contributed by atoms with van der Waals surface area (Å²) in [5, 5.41) is 8.27. The predicted molar refractivity (Wildman–Crippen MR) is 51.0 cm³/mol. The molecule has 0 radical (unpaired) electrons. The molecule has 92 valence electrons. The van der Waals surface area contributed by atoms with Gasteiger partial charge >= 0.3 is 11.9 Å². The van der Waals surface area contributed by atoms with Crippen LogP contribution in [-0.4, -0.2) is 37.4 Å². The summed E-state index contributed by atoms with van der Waals surface area (Å²) < 4.78 is 9.15. The smallest absolute Gasteiger partial charge is 0.311 e. The van der Waals surface area contributed by atoms with E-state index in [1.165, 1.54) is 7.11 Å². The second-order valence-corrected chi connectivity index (χ2v) is 2.57. The molecule has 16 heavy (non-hydrogen) atoms. The third-order valence-corrected chi connectivity index (χ3v) is 1.29. The molecule has 0 bridgehead atoms. The topological polar surface area (TPSA) is 91.3 Å². The Morgan fingerprint density at radius 3 is 2.56 bits per heavy atom. The summed E-state index contributed by atoms with van der Waals surface area (Å²) in [4.78, 5) is 29.9. The molecule has 0 heterocycles. The Kier molecular flexibility index (Phi) is 8.94. The molecule has 0 atom stereocenters. The van der Waals surface area contributed by atoms with Crippen molar-refractivity contribution in [3.05, 3.63) is 12.5 Å². The fourth-order valence-corrected chi connectivity index (χ4v) is 0.599. The molecule has 0 amide bonds. The van der Waals surface area contributed by atoms with Gasteiger partial charge in [0.2, 0.25) is 0 Å². The molecule has 0 saturated carbocycles. The van der Waals surface area contributed by atoms with Gasteiger partial charge in [-0.2, -0.15) is 4.89 Å². The zero-order valence-corrected chi connectivity index (χ0v) is 8.88. The lowest BCUT2D eigenvalue weighted by Crippen LogP contribution is -2.04. The van der Waals surface area contributed by atoms with Gasteiger partial charge in [-0.3, -0.25) is 9.59 Å². The highest BCUT2D eigenvalue weighted by Crippen LogP contribution is 1.93. The quantitative estimate of drug-likeness (QED) is 0.204. The molecule has 0 aromatic heterocycles. The van der Waals surface area contributed by atoms with Crippen LogP contribution in [0.5, 0.6) is 0 Å². The van der Waals surface area contributed by atoms with Crippen molar-refractivity contribution < 1.29 is 33.9 Å². The monoisotopic (exact) mass is 234 g/mol. The van der Waals surface area contributed by atoms with Gasteiger partial charge in [0.05, 0.1) is 19.4 Å². The van der Waals surface area contributed by atoms with E-state index in [9.17, 15) is 9.59 Å². The number of hydrogen-bond donors (Lipinski definition) is 1. The molecule has 0 aliphatic rings. The molecule has 0 saturated heterocycles. The number of methoxy groups -OCH3 is 1. The van der Waals surface area contributed by atoms with Gasteiger partial charge in [-0.1, -0.05) is 0 Å². The second kappa shape index (κ2) is 9.94. The third-order valence-electron chi connectivity index (χ3n) is 1.29. The van der Waals surface area contributed by atoms with E-state index in [2.05, 4.69) is 19.2 Å². The van der Waals surface area contributed by atoms with E-state index in [0.29, 0.717) is 6.61 Å². The van der Waals surface area contributed by atoms with Crippen LogP contribution in [-0.2, 0) is 28.8 Å². The average Bonchev–Trinajstić information content (AvgIpc) is 2.25. The van der Waals surface area contributed by atoms with E-state index in [-0.39, 0.29) is 19.4 Å². The molecular weight excluding hydrogens is 220 g/mol. The molecule has 0 spiro atoms. The van der Waals surface area contributed by atoms with Gasteiger partial charge in [0.15, 0.2) is 6.26 Å². The van der Waals surface area contributed by atoms with Gasteiger partial charge in [0.25, 0.3) is 0 Å². The summed E-state index contributed by atoms with van der Waals surface area (Å²) in [5.74, 6) is -1.71. The van der Waals surface area contributed by atoms with E-state index in [4.69, 9.17) is 5.11 Å². The standard InChI is InChI=1S/C9H14O7/c1-13-4-6-15-16-7-5-14-9(12)3-2-8(10)11/h5,7H,2-4,6H2,1H3,(H,10,11). The van der Waals surface area contributed by atoms with E-state index in [1.807, 2.05) is 0 Å². The summed E-state index contributed by atoms with van der Waals surface area (Å²) >= 11 is 0. The van der Waals surface area contributed by atoms with Crippen LogP contribution in [0.15, 0.2) is 12.5 Å². The molecule has 7 nitrogen and oxygen atoms in total. The number of carboxylic acid groups (broad SMARTS) is 1. The number of carbonyl (C=O) groups is 2. The van der Waals surface area contributed by atoms with E-state index in [1.54, 1.807) is 0 Å². The van der Waals surface area contributed by atoms with Crippen molar-refractivity contribution in [2.75, 3.05) is 20.3 Å². The van der Waals surface area contributed by atoms with Gasteiger partial charge in [-0.25, -0.2) is 0 Å². The molecule has 7 heteroatoms. The normalized spacial score (nSPS) is 10.3. The summed E-state index contributed by atoms with van der Waals surface area (Å²) in [5.41, 5.74) is 0. The first-order valence-electron chi connectivity index (χ1n) is 4.50. The number of aliphatic carboxylic acids is 1. The van der Waals surface area contributed by atoms with E-state index in [0.717, 1.165) is 12.5 Å². The third kappa shape index (κ3) is 10.5. The zero-order chi connectivity index (χ0) is 12.2. The molecule has 0 aliphatic heterocycles. The van der Waals surface area contributed by atoms with Crippen LogP contribution >= 0.6 is 0 Å². The molecule has 0 unspecified atom stereocenters. The maximum absolute atomic E-state index is 10.8. The lowest BCUT2D eigenvalue weighted by atomic mass is 10.3. The summed E-state index contributed by atoms with van der Waals surface area (Å²) in [6.45, 7) is 0.625. The van der Waals surface area contributed by atoms with Crippen LogP contribution in [0, 0.1) is 0 Å². The maximum atomic E-state index is 10.8. The predicted octanol–water partition coefficient (Wildman–Crippen LogP) is 0.460. The average molecular weight is 234 g/mol. The molecule has 0 fully saturated rings. The van der Waals surface area contributed by atoms with Crippen LogP contribution < -0.4 is 0 Å². The number of hydrogen-bond acceptors (Lipinski definition) is 6. The number of rotatable bonds is 9. The van der Waals surface area contributed by atoms with E-state index < -0.39 is 11.9 Å². The van der Waals surface area contributed by atoms with Crippen molar-refractivity contribution in [2.45, 2.75) is 12.8 Å². The summed E-state index contributed by atoms with van der Waals surface area (Å²) in [7, 11) is 1.52. The van der Waals surface area contributed by atoms with Crippen LogP contribution in [0.4, 0.5) is 0 Å². The lowest BCUT2D eigenvalue weighted by Gasteiger charge is -1.99. The van der Waals surface area contributed by atoms with Crippen molar-refractivity contribution in [3.8, 4) is 0 Å². The van der Waals surface area contributed by atoms with Crippen molar-refractivity contribution in [1.29, 1.82) is 0 Å². The fraction of sp³-hybridized carbons (Fsp3) is 0.556. The number of carbonyl (C=O) groups excluding carboxylic acids is 1. The van der Waals surface area contributed by atoms with Gasteiger partial charge < -0.3 is 19.5 Å². The molecule has 0 aromatic carbocycles. The van der Waals surface area contributed by atoms with Gasteiger partial charge in [0.1, 0.15) is 12.9 Å². The highest BCUT2D eigenvalue weighted by atomic mass is 17.2. The molecule has 0 rings (SSSR count). The maximum Gasteiger partial charge on any atom is 0.311 e. The SMILES string of the molecule is COCCOOC=COC(=O)CCC(=O)O. The van der Waals surface area contributed by atoms with Crippen molar-refractivity contribution >= 4 is 11.9 Å². The first-order valence-corrected chi connectivity index (χ1v) is 4.50. The largest absolute Gasteiger partial charge is 0.481 e. The zero-order valence-electron chi connectivity index (χ0n) is 8.88. The van der Waals surface area contributed by atoms with Crippen LogP contribution in [0.25, 0.3) is 0 Å². The summed E-state index contributed by atoms with van der Waals surface area (Å²) in [6.07, 6.45) is 1.54. The molecular formula is C9H14O7. The van der Waals surface area contributed by atoms with Gasteiger partial charge in [-0.05, 0) is 0 Å². The summed E-state index contributed by atoms with van der Waals surface area (Å²) in [6, 6.07) is 0. The Morgan fingerprint density at radius 1 is 1.19 bits per heavy atom. The minimum absolute atomic E-state index is 0.190. The van der Waals surface area contributed by atoms with Crippen LogP contribution in [0.2, 0.25) is 0 Å². The van der Waals surface area contributed by atoms with Gasteiger partial charge in [-0.15, -0.1) is 0 Å². The molecule has 0 aliphatic carbocycles. The van der Waals surface area contributed by atoms with Crippen LogP contribution in [0.3, 0.4) is 0 Å². The number of carboxylic acids is 1. The first kappa shape index (κ1) is 14.4. The Bertz CT molecular complexity index is 236. The van der Waals surface area contributed by atoms with Crippen molar-refractivity contribution in [3.63, 3.8) is 0 Å². The fourth-order valence-electron chi connectivity index (χ4n) is 0.599. The number of esters is 1. The Hall–Kier alpha value is -1.60. The van der Waals surface area contributed by atoms with Crippen molar-refractivity contribution in [1.82, 2.24) is 0 Å². The second-order valence-electron chi connectivity index (χ2n) is 2.57. The first-order chi connectivity index (χ1) is 7.66. The molecule has 1 N–H and O–H groups in total. The Balaban J connectivity index is 3.37.